The van der Waals surface area contributed by atoms with E-state index in [9.17, 15) is 4.79 Å². The molecule has 1 heterocycles. The van der Waals surface area contributed by atoms with Crippen molar-refractivity contribution >= 4 is 23.2 Å². The Morgan fingerprint density at radius 2 is 1.88 bits per heavy atom. The molecule has 6 nitrogen and oxygen atoms in total. The van der Waals surface area contributed by atoms with Gasteiger partial charge in [-0.3, -0.25) is 4.79 Å². The lowest BCUT2D eigenvalue weighted by Gasteiger charge is -2.09. The predicted octanol–water partition coefficient (Wildman–Crippen LogP) is 3.49. The van der Waals surface area contributed by atoms with E-state index in [1.807, 2.05) is 24.3 Å². The zero-order chi connectivity index (χ0) is 17.1. The summed E-state index contributed by atoms with van der Waals surface area (Å²) in [5.74, 6) is 0.269. The van der Waals surface area contributed by atoms with Crippen LogP contribution in [0.25, 0.3) is 5.69 Å². The fourth-order valence-electron chi connectivity index (χ4n) is 2.32. The van der Waals surface area contributed by atoms with E-state index in [1.165, 1.54) is 0 Å². The van der Waals surface area contributed by atoms with Crippen molar-refractivity contribution < 1.29 is 9.53 Å². The Balaban J connectivity index is 1.93. The summed E-state index contributed by atoms with van der Waals surface area (Å²) in [6.45, 7) is 1.77. The number of anilines is 1. The zero-order valence-corrected chi connectivity index (χ0v) is 13.9. The fraction of sp³-hybridized carbons (Fsp3) is 0.118. The highest BCUT2D eigenvalue weighted by atomic mass is 35.5. The lowest BCUT2D eigenvalue weighted by molar-refractivity contribution is 0.102. The van der Waals surface area contributed by atoms with Gasteiger partial charge in [-0.1, -0.05) is 41.1 Å². The lowest BCUT2D eigenvalue weighted by atomic mass is 10.2. The Morgan fingerprint density at radius 3 is 2.62 bits per heavy atom. The van der Waals surface area contributed by atoms with Gasteiger partial charge >= 0.3 is 0 Å². The van der Waals surface area contributed by atoms with Gasteiger partial charge in [0.2, 0.25) is 0 Å². The molecule has 24 heavy (non-hydrogen) atoms. The van der Waals surface area contributed by atoms with Crippen LogP contribution in [0.4, 0.5) is 5.69 Å². The van der Waals surface area contributed by atoms with Gasteiger partial charge < -0.3 is 10.1 Å². The summed E-state index contributed by atoms with van der Waals surface area (Å²) in [5, 5.41) is 11.3. The van der Waals surface area contributed by atoms with Gasteiger partial charge in [-0.2, -0.15) is 0 Å². The van der Waals surface area contributed by atoms with Gasteiger partial charge in [0.25, 0.3) is 5.91 Å². The largest absolute Gasteiger partial charge is 0.494 e. The Kier molecular flexibility index (Phi) is 4.48. The summed E-state index contributed by atoms with van der Waals surface area (Å²) in [6.07, 6.45) is 0. The van der Waals surface area contributed by atoms with Gasteiger partial charge in [0.1, 0.15) is 11.4 Å². The standard InChI is InChI=1S/C17H15ClN4O2/c1-11-16(17(23)19-13-8-4-3-7-12(13)18)20-21-22(11)14-9-5-6-10-15(14)24-2/h3-10H,1-2H3,(H,19,23). The number of hydrogen-bond acceptors (Lipinski definition) is 4. The Hall–Kier alpha value is -2.86. The van der Waals surface area contributed by atoms with E-state index in [2.05, 4.69) is 15.6 Å². The number of aromatic nitrogens is 3. The highest BCUT2D eigenvalue weighted by molar-refractivity contribution is 6.33. The van der Waals surface area contributed by atoms with Crippen molar-refractivity contribution in [3.8, 4) is 11.4 Å². The number of methoxy groups -OCH3 is 1. The molecule has 1 N–H and O–H groups in total. The molecule has 3 rings (SSSR count). The smallest absolute Gasteiger partial charge is 0.278 e. The molecule has 3 aromatic rings. The molecule has 1 amide bonds. The maximum Gasteiger partial charge on any atom is 0.278 e. The predicted molar refractivity (Wildman–Crippen MR) is 92.1 cm³/mol. The van der Waals surface area contributed by atoms with E-state index in [-0.39, 0.29) is 11.6 Å². The zero-order valence-electron chi connectivity index (χ0n) is 13.2. The maximum atomic E-state index is 12.5. The third-order valence-electron chi connectivity index (χ3n) is 3.55. The molecule has 0 saturated carbocycles. The number of nitrogens with zero attached hydrogens (tertiary/aromatic N) is 3. The van der Waals surface area contributed by atoms with Crippen LogP contribution in [0, 0.1) is 6.92 Å². The summed E-state index contributed by atoms with van der Waals surface area (Å²) in [5.41, 5.74) is 2.06. The molecule has 0 aliphatic carbocycles. The van der Waals surface area contributed by atoms with Crippen LogP contribution in [0.1, 0.15) is 16.2 Å². The molecule has 0 aliphatic heterocycles. The second-order valence-electron chi connectivity index (χ2n) is 5.04. The van der Waals surface area contributed by atoms with Crippen LogP contribution in [0.3, 0.4) is 0 Å². The van der Waals surface area contributed by atoms with Gasteiger partial charge in [-0.05, 0) is 31.2 Å². The molecular formula is C17H15ClN4O2. The quantitative estimate of drug-likeness (QED) is 0.788. The Bertz CT molecular complexity index is 892. The highest BCUT2D eigenvalue weighted by Gasteiger charge is 2.19. The van der Waals surface area contributed by atoms with Crippen LogP contribution in [-0.4, -0.2) is 28.0 Å². The average Bonchev–Trinajstić information content (AvgIpc) is 2.98. The van der Waals surface area contributed by atoms with Crippen molar-refractivity contribution in [1.29, 1.82) is 0 Å². The normalized spacial score (nSPS) is 10.5. The molecule has 2 aromatic carbocycles. The number of halogens is 1. The first-order valence-corrected chi connectivity index (χ1v) is 7.61. The summed E-state index contributed by atoms with van der Waals surface area (Å²) >= 11 is 6.06. The van der Waals surface area contributed by atoms with E-state index >= 15 is 0 Å². The van der Waals surface area contributed by atoms with E-state index in [0.29, 0.717) is 27.8 Å². The Morgan fingerprint density at radius 1 is 1.17 bits per heavy atom. The number of rotatable bonds is 4. The van der Waals surface area contributed by atoms with Crippen molar-refractivity contribution in [1.82, 2.24) is 15.0 Å². The second kappa shape index (κ2) is 6.72. The van der Waals surface area contributed by atoms with Crippen molar-refractivity contribution in [2.24, 2.45) is 0 Å². The van der Waals surface area contributed by atoms with Crippen molar-refractivity contribution in [3.05, 3.63) is 64.9 Å². The highest BCUT2D eigenvalue weighted by Crippen LogP contribution is 2.24. The van der Waals surface area contributed by atoms with E-state index in [1.54, 1.807) is 43.0 Å². The van der Waals surface area contributed by atoms with Crippen molar-refractivity contribution in [2.45, 2.75) is 6.92 Å². The molecule has 7 heteroatoms. The average molecular weight is 343 g/mol. The summed E-state index contributed by atoms with van der Waals surface area (Å²) in [7, 11) is 1.58. The van der Waals surface area contributed by atoms with E-state index in [4.69, 9.17) is 16.3 Å². The topological polar surface area (TPSA) is 69.0 Å². The van der Waals surface area contributed by atoms with E-state index < -0.39 is 0 Å². The molecule has 0 fully saturated rings. The monoisotopic (exact) mass is 342 g/mol. The first kappa shape index (κ1) is 16.0. The third kappa shape index (κ3) is 2.96. The lowest BCUT2D eigenvalue weighted by Crippen LogP contribution is -2.14. The number of nitrogens with one attached hydrogen (secondary N) is 1. The van der Waals surface area contributed by atoms with Gasteiger partial charge in [0.05, 0.1) is 23.5 Å². The first-order valence-electron chi connectivity index (χ1n) is 7.23. The number of carbonyl (C=O) groups is 1. The SMILES string of the molecule is COc1ccccc1-n1nnc(C(=O)Nc2ccccc2Cl)c1C. The summed E-state index contributed by atoms with van der Waals surface area (Å²) in [4.78, 5) is 12.5. The molecule has 0 saturated heterocycles. The fourth-order valence-corrected chi connectivity index (χ4v) is 2.50. The molecule has 0 atom stereocenters. The minimum absolute atomic E-state index is 0.223. The van der Waals surface area contributed by atoms with Crippen molar-refractivity contribution in [3.63, 3.8) is 0 Å². The van der Waals surface area contributed by atoms with Crippen LogP contribution >= 0.6 is 11.6 Å². The number of hydrogen-bond donors (Lipinski definition) is 1. The molecule has 1 aromatic heterocycles. The minimum Gasteiger partial charge on any atom is -0.494 e. The van der Waals surface area contributed by atoms with Crippen LogP contribution in [0.2, 0.25) is 5.02 Å². The first-order chi connectivity index (χ1) is 11.6. The number of ether oxygens (including phenoxy) is 1. The summed E-state index contributed by atoms with van der Waals surface area (Å²) < 4.78 is 6.90. The molecule has 0 spiro atoms. The molecule has 122 valence electrons. The van der Waals surface area contributed by atoms with Gasteiger partial charge in [0, 0.05) is 0 Å². The van der Waals surface area contributed by atoms with Crippen LogP contribution < -0.4 is 10.1 Å². The second-order valence-corrected chi connectivity index (χ2v) is 5.45. The molecular weight excluding hydrogens is 328 g/mol. The summed E-state index contributed by atoms with van der Waals surface area (Å²) in [6, 6.07) is 14.4. The number of amides is 1. The van der Waals surface area contributed by atoms with Crippen LogP contribution in [-0.2, 0) is 0 Å². The molecule has 0 radical (unpaired) electrons. The van der Waals surface area contributed by atoms with Crippen LogP contribution in [0.15, 0.2) is 48.5 Å². The number of para-hydroxylation sites is 3. The molecule has 0 unspecified atom stereocenters. The molecule has 0 bridgehead atoms. The van der Waals surface area contributed by atoms with E-state index in [0.717, 1.165) is 0 Å². The third-order valence-corrected chi connectivity index (χ3v) is 3.87. The van der Waals surface area contributed by atoms with Crippen molar-refractivity contribution in [2.75, 3.05) is 12.4 Å². The van der Waals surface area contributed by atoms with Gasteiger partial charge in [-0.25, -0.2) is 4.68 Å². The van der Waals surface area contributed by atoms with Crippen LogP contribution in [0.5, 0.6) is 5.75 Å². The maximum absolute atomic E-state index is 12.5. The number of benzene rings is 2. The minimum atomic E-state index is -0.373. The molecule has 0 aliphatic rings. The van der Waals surface area contributed by atoms with Gasteiger partial charge in [0.15, 0.2) is 5.69 Å². The number of carbonyl (C=O) groups excluding carboxylic acids is 1. The van der Waals surface area contributed by atoms with Gasteiger partial charge in [-0.15, -0.1) is 5.10 Å². The Labute approximate surface area is 144 Å².